The molecule has 6 fully saturated rings. The van der Waals surface area contributed by atoms with Crippen molar-refractivity contribution in [2.45, 2.75) is 199 Å². The molecule has 0 aromatic carbocycles. The van der Waals surface area contributed by atoms with Crippen molar-refractivity contribution in [3.05, 3.63) is 0 Å². The van der Waals surface area contributed by atoms with Crippen LogP contribution in [0, 0.1) is 0 Å². The van der Waals surface area contributed by atoms with Crippen molar-refractivity contribution in [1.82, 2.24) is 10.6 Å². The largest absolute Gasteiger partial charge is 0.394 e. The van der Waals surface area contributed by atoms with Gasteiger partial charge >= 0.3 is 0 Å². The summed E-state index contributed by atoms with van der Waals surface area (Å²) >= 11 is 0. The smallest absolute Gasteiger partial charge is 0.217 e. The minimum absolute atomic E-state index is 0.601. The highest BCUT2D eigenvalue weighted by molar-refractivity contribution is 5.73. The highest BCUT2D eigenvalue weighted by Gasteiger charge is 2.57. The predicted molar refractivity (Wildman–Crippen MR) is 215 cm³/mol. The second-order valence-electron chi connectivity index (χ2n) is 17.8. The molecule has 29 atom stereocenters. The quantitative estimate of drug-likeness (QED) is 0.0682. The SMILES string of the molecule is CC(=O)N[C@@H]1[C@@H](O[C@H]2O[C@H](C)[C@H](O)[C@H](O)[C@H]2O)[C@H](O[C@@H]2O[C@H](CO)[C@@H](O[C@@H]3O[C@H](CO[C@H]4O[C@H](CO)[C@@H](O)[C@H](O)[C@@H]4O)[C@@H](O)[C@H](O)[C@@H]3O[C@@H]3OC[C@@H](O)[C@H](O)[C@H]3O)[C@H](O)[C@H]2NC(C)=O)[C@@H](CO)O[C@H]1O. The summed E-state index contributed by atoms with van der Waals surface area (Å²) in [6, 6.07) is -3.40. The maximum Gasteiger partial charge on any atom is 0.217 e. The Balaban J connectivity index is 1.29. The molecule has 6 saturated heterocycles. The molecule has 0 spiro atoms. The van der Waals surface area contributed by atoms with Crippen molar-refractivity contribution in [2.75, 3.05) is 33.0 Å². The molecule has 18 N–H and O–H groups in total. The molecule has 0 saturated carbocycles. The molecular formula is C39H66N2O29. The van der Waals surface area contributed by atoms with Gasteiger partial charge in [0.2, 0.25) is 11.8 Å². The van der Waals surface area contributed by atoms with Gasteiger partial charge < -0.3 is 144 Å². The topological polar surface area (TPSA) is 483 Å². The number of carbonyl (C=O) groups is 2. The van der Waals surface area contributed by atoms with Gasteiger partial charge in [-0.15, -0.1) is 0 Å². The summed E-state index contributed by atoms with van der Waals surface area (Å²) < 4.78 is 63.5. The molecule has 31 nitrogen and oxygen atoms in total. The lowest BCUT2D eigenvalue weighted by molar-refractivity contribution is -0.389. The van der Waals surface area contributed by atoms with Gasteiger partial charge in [0.05, 0.1) is 39.1 Å². The summed E-state index contributed by atoms with van der Waals surface area (Å²) in [5, 5.41) is 175. The number of aliphatic hydroxyl groups is 16. The van der Waals surface area contributed by atoms with Gasteiger partial charge in [0.25, 0.3) is 0 Å². The molecule has 6 rings (SSSR count). The fourth-order valence-corrected chi connectivity index (χ4v) is 8.86. The molecule has 0 radical (unpaired) electrons. The summed E-state index contributed by atoms with van der Waals surface area (Å²) in [6.07, 6.45) is -49.1. The van der Waals surface area contributed by atoms with Crippen molar-refractivity contribution in [1.29, 1.82) is 0 Å². The van der Waals surface area contributed by atoms with E-state index in [9.17, 15) is 91.3 Å². The third-order valence-electron chi connectivity index (χ3n) is 12.8. The number of carbonyl (C=O) groups excluding carboxylic acids is 2. The van der Waals surface area contributed by atoms with Crippen molar-refractivity contribution >= 4 is 11.8 Å². The number of rotatable bonds is 16. The van der Waals surface area contributed by atoms with Gasteiger partial charge in [0, 0.05) is 13.8 Å². The number of nitrogens with one attached hydrogen (secondary N) is 2. The number of hydrogen-bond donors (Lipinski definition) is 18. The van der Waals surface area contributed by atoms with E-state index in [1.807, 2.05) is 0 Å². The van der Waals surface area contributed by atoms with E-state index in [-0.39, 0.29) is 0 Å². The fraction of sp³-hybridized carbons (Fsp3) is 0.949. The van der Waals surface area contributed by atoms with Crippen molar-refractivity contribution in [3.63, 3.8) is 0 Å². The monoisotopic (exact) mass is 1030 g/mol. The summed E-state index contributed by atoms with van der Waals surface area (Å²) in [4.78, 5) is 25.2. The van der Waals surface area contributed by atoms with Gasteiger partial charge in [-0.2, -0.15) is 0 Å². The van der Waals surface area contributed by atoms with Crippen LogP contribution < -0.4 is 10.6 Å². The summed E-state index contributed by atoms with van der Waals surface area (Å²) in [5.74, 6) is -1.60. The summed E-state index contributed by atoms with van der Waals surface area (Å²) in [6.45, 7) is -0.861. The van der Waals surface area contributed by atoms with E-state index in [4.69, 9.17) is 52.1 Å². The van der Waals surface area contributed by atoms with E-state index in [1.54, 1.807) is 0 Å². The van der Waals surface area contributed by atoms with E-state index in [1.165, 1.54) is 6.92 Å². The molecule has 70 heavy (non-hydrogen) atoms. The van der Waals surface area contributed by atoms with Gasteiger partial charge in [0.15, 0.2) is 37.7 Å². The average molecular weight is 1030 g/mol. The maximum atomic E-state index is 12.8. The molecule has 406 valence electrons. The minimum Gasteiger partial charge on any atom is -0.394 e. The molecule has 31 heteroatoms. The first-order valence-corrected chi connectivity index (χ1v) is 22.4. The molecule has 0 unspecified atom stereocenters. The Morgan fingerprint density at radius 3 is 1.59 bits per heavy atom. The zero-order valence-electron chi connectivity index (χ0n) is 37.7. The Morgan fingerprint density at radius 2 is 0.957 bits per heavy atom. The van der Waals surface area contributed by atoms with E-state index in [2.05, 4.69) is 10.6 Å². The van der Waals surface area contributed by atoms with Gasteiger partial charge in [0.1, 0.15) is 134 Å². The first-order valence-electron chi connectivity index (χ1n) is 22.4. The normalized spacial score (nSPS) is 50.3. The standard InChI is InChI=1S/C39H66N2O29/c1-9-19(48)24(53)29(58)38(62-9)69-32-18(41-11(3)46)34(59)63-15(6-44)31(32)68-35-17(40-10(2)45)23(52)30(14(5-43)65-35)67-39-33(70-37-27(56)20(49)12(47)7-60-37)26(55)22(51)16(66-39)8-61-36-28(57)25(54)21(50)13(4-42)64-36/h9,12-39,42-44,47-59H,4-8H2,1-3H3,(H,40,45)(H,41,46)/t9-,12-,13-,14-,15-,16-,17-,18-,19+,20+,21-,22-,23-,24+,25+,26+,27-,28+,29-,30-,31-,32-,33+,34-,35+,36+,37+,38-,39+/m1/s1. The lowest BCUT2D eigenvalue weighted by atomic mass is 9.93. The highest BCUT2D eigenvalue weighted by atomic mass is 16.8. The van der Waals surface area contributed by atoms with E-state index in [0.717, 1.165) is 13.8 Å². The van der Waals surface area contributed by atoms with Crippen LogP contribution in [0.1, 0.15) is 20.8 Å². The molecule has 6 heterocycles. The van der Waals surface area contributed by atoms with Crippen LogP contribution in [0.15, 0.2) is 0 Å². The van der Waals surface area contributed by atoms with E-state index in [0.29, 0.717) is 0 Å². The molecule has 0 aromatic heterocycles. The predicted octanol–water partition coefficient (Wildman–Crippen LogP) is -12.1. The van der Waals surface area contributed by atoms with Crippen LogP contribution in [0.25, 0.3) is 0 Å². The Bertz CT molecular complexity index is 1680. The number of hydrogen-bond acceptors (Lipinski definition) is 29. The number of ether oxygens (including phenoxy) is 11. The second kappa shape index (κ2) is 24.5. The van der Waals surface area contributed by atoms with Crippen LogP contribution in [0.4, 0.5) is 0 Å². The number of aliphatic hydroxyl groups excluding tert-OH is 16. The van der Waals surface area contributed by atoms with Crippen LogP contribution in [0.2, 0.25) is 0 Å². The third kappa shape index (κ3) is 12.3. The van der Waals surface area contributed by atoms with Crippen molar-refractivity contribution in [3.8, 4) is 0 Å². The number of amides is 2. The Hall–Kier alpha value is -2.14. The molecule has 6 aliphatic heterocycles. The molecular weight excluding hydrogens is 960 g/mol. The zero-order valence-corrected chi connectivity index (χ0v) is 37.7. The first kappa shape index (κ1) is 57.1. The van der Waals surface area contributed by atoms with Gasteiger partial charge in [-0.1, -0.05) is 0 Å². The maximum absolute atomic E-state index is 12.8. The van der Waals surface area contributed by atoms with E-state index < -0.39 is 223 Å². The molecule has 2 amide bonds. The Labute approximate surface area is 397 Å². The molecule has 0 aliphatic carbocycles. The van der Waals surface area contributed by atoms with Gasteiger partial charge in [-0.3, -0.25) is 9.59 Å². The average Bonchev–Trinajstić information content (AvgIpc) is 3.32. The minimum atomic E-state index is -2.14. The zero-order chi connectivity index (χ0) is 51.6. The lowest BCUT2D eigenvalue weighted by Gasteiger charge is -2.51. The van der Waals surface area contributed by atoms with Gasteiger partial charge in [-0.05, 0) is 6.92 Å². The van der Waals surface area contributed by atoms with E-state index >= 15 is 0 Å². The van der Waals surface area contributed by atoms with Crippen molar-refractivity contribution in [2.24, 2.45) is 0 Å². The third-order valence-corrected chi connectivity index (χ3v) is 12.8. The molecule has 6 aliphatic rings. The second-order valence-corrected chi connectivity index (χ2v) is 17.8. The van der Waals surface area contributed by atoms with Gasteiger partial charge in [-0.25, -0.2) is 0 Å². The highest BCUT2D eigenvalue weighted by Crippen LogP contribution is 2.36. The molecule has 0 bridgehead atoms. The lowest BCUT2D eigenvalue weighted by Crippen LogP contribution is -2.71. The summed E-state index contributed by atoms with van der Waals surface area (Å²) in [7, 11) is 0. The van der Waals surface area contributed by atoms with Crippen LogP contribution in [0.3, 0.4) is 0 Å². The Morgan fingerprint density at radius 1 is 0.457 bits per heavy atom. The summed E-state index contributed by atoms with van der Waals surface area (Å²) in [5.41, 5.74) is 0. The molecule has 0 aromatic rings. The van der Waals surface area contributed by atoms with Crippen molar-refractivity contribution < 1.29 is 143 Å². The van der Waals surface area contributed by atoms with Crippen LogP contribution >= 0.6 is 0 Å². The first-order chi connectivity index (χ1) is 33.0. The van der Waals surface area contributed by atoms with Crippen LogP contribution in [-0.4, -0.2) is 305 Å². The van der Waals surface area contributed by atoms with Crippen LogP contribution in [0.5, 0.6) is 0 Å². The van der Waals surface area contributed by atoms with Crippen LogP contribution in [-0.2, 0) is 61.7 Å². The Kier molecular flexibility index (Phi) is 20.0. The fourth-order valence-electron chi connectivity index (χ4n) is 8.86.